The number of primary amides is 1. The predicted octanol–water partition coefficient (Wildman–Crippen LogP) is 2.58. The number of sulfonamides is 1. The summed E-state index contributed by atoms with van der Waals surface area (Å²) >= 11 is 5.92. The molecule has 0 aromatic heterocycles. The highest BCUT2D eigenvalue weighted by Crippen LogP contribution is 2.59. The highest BCUT2D eigenvalue weighted by atomic mass is 35.5. The molecule has 1 aromatic carbocycles. The zero-order valence-electron chi connectivity index (χ0n) is 17.9. The molecule has 4 saturated carbocycles. The van der Waals surface area contributed by atoms with Crippen molar-refractivity contribution in [3.8, 4) is 0 Å². The van der Waals surface area contributed by atoms with Crippen molar-refractivity contribution >= 4 is 33.4 Å². The number of nitrogens with one attached hydrogen (secondary N) is 2. The molecule has 9 heteroatoms. The number of benzene rings is 1. The van der Waals surface area contributed by atoms with E-state index in [1.807, 2.05) is 0 Å². The fraction of sp³-hybridized carbons (Fsp3) is 0.636. The van der Waals surface area contributed by atoms with Gasteiger partial charge in [0.25, 0.3) is 0 Å². The van der Waals surface area contributed by atoms with Crippen LogP contribution in [0.3, 0.4) is 0 Å². The lowest BCUT2D eigenvalue weighted by Gasteiger charge is -2.58. The summed E-state index contributed by atoms with van der Waals surface area (Å²) in [6.07, 6.45) is 4.40. The molecule has 5 rings (SSSR count). The van der Waals surface area contributed by atoms with E-state index in [0.29, 0.717) is 10.9 Å². The first kappa shape index (κ1) is 22.6. The lowest BCUT2D eigenvalue weighted by atomic mass is 9.47. The van der Waals surface area contributed by atoms with Gasteiger partial charge in [0.15, 0.2) is 0 Å². The smallest absolute Gasteiger partial charge is 0.241 e. The van der Waals surface area contributed by atoms with Crippen LogP contribution in [0.25, 0.3) is 0 Å². The molecule has 4 bridgehead atoms. The Bertz CT molecular complexity index is 994. The molecular weight excluding hydrogens is 438 g/mol. The third kappa shape index (κ3) is 4.47. The molecule has 1 aromatic rings. The number of hydrogen-bond donors (Lipinski definition) is 3. The maximum atomic E-state index is 12.9. The molecule has 0 spiro atoms. The lowest BCUT2D eigenvalue weighted by Crippen LogP contribution is -2.62. The van der Waals surface area contributed by atoms with E-state index in [9.17, 15) is 18.0 Å². The first-order chi connectivity index (χ1) is 14.4. The van der Waals surface area contributed by atoms with Crippen LogP contribution in [-0.4, -0.2) is 31.8 Å². The Morgan fingerprint density at radius 3 is 2.42 bits per heavy atom. The van der Waals surface area contributed by atoms with Crippen LogP contribution in [0.1, 0.15) is 52.4 Å². The highest BCUT2D eigenvalue weighted by Gasteiger charge is 2.58. The van der Waals surface area contributed by atoms with Crippen molar-refractivity contribution in [2.24, 2.45) is 28.9 Å². The quantitative estimate of drug-likeness (QED) is 0.571. The molecule has 4 aliphatic rings. The van der Waals surface area contributed by atoms with Crippen LogP contribution in [-0.2, 0) is 19.6 Å². The van der Waals surface area contributed by atoms with Crippen LogP contribution in [0.4, 0.5) is 0 Å². The Labute approximate surface area is 188 Å². The van der Waals surface area contributed by atoms with E-state index in [-0.39, 0.29) is 41.0 Å². The number of hydrogen-bond acceptors (Lipinski definition) is 4. The third-order valence-corrected chi connectivity index (χ3v) is 9.17. The first-order valence-electron chi connectivity index (χ1n) is 10.8. The first-order valence-corrected chi connectivity index (χ1v) is 12.6. The van der Waals surface area contributed by atoms with Gasteiger partial charge < -0.3 is 11.1 Å². The van der Waals surface area contributed by atoms with Gasteiger partial charge in [-0.3, -0.25) is 9.59 Å². The van der Waals surface area contributed by atoms with Gasteiger partial charge in [0.05, 0.1) is 4.90 Å². The lowest BCUT2D eigenvalue weighted by molar-refractivity contribution is -0.147. The molecule has 2 unspecified atom stereocenters. The Hall–Kier alpha value is -1.64. The van der Waals surface area contributed by atoms with Gasteiger partial charge in [0.2, 0.25) is 21.8 Å². The minimum Gasteiger partial charge on any atom is -0.369 e. The molecule has 0 radical (unpaired) electrons. The van der Waals surface area contributed by atoms with Crippen LogP contribution in [0.15, 0.2) is 29.2 Å². The van der Waals surface area contributed by atoms with Gasteiger partial charge in [0, 0.05) is 28.4 Å². The monoisotopic (exact) mass is 467 g/mol. The number of halogens is 1. The molecule has 4 fully saturated rings. The van der Waals surface area contributed by atoms with E-state index in [1.54, 1.807) is 26.0 Å². The Kier molecular flexibility index (Phi) is 5.63. The van der Waals surface area contributed by atoms with E-state index in [4.69, 9.17) is 17.3 Å². The molecule has 4 aliphatic carbocycles. The van der Waals surface area contributed by atoms with Crippen LogP contribution in [0, 0.1) is 23.2 Å². The fourth-order valence-electron chi connectivity index (χ4n) is 6.29. The summed E-state index contributed by atoms with van der Waals surface area (Å²) in [5.74, 6) is 0.639. The standard InChI is InChI=1S/C22H30ClN3O4S/c1-21(2,26-31(29,30)17-5-3-4-16(23)8-17)12-18(27)25-19-14-6-13-7-15(19)11-22(9-13,10-14)20(24)28/h3-5,8,13-15,19,26H,6-7,9-12H2,1-2H3,(H2,24,28)(H,25,27). The van der Waals surface area contributed by atoms with Gasteiger partial charge in [-0.2, -0.15) is 0 Å². The summed E-state index contributed by atoms with van der Waals surface area (Å²) < 4.78 is 28.1. The second-order valence-electron chi connectivity index (χ2n) is 10.3. The van der Waals surface area contributed by atoms with E-state index >= 15 is 0 Å². The zero-order valence-corrected chi connectivity index (χ0v) is 19.4. The molecule has 0 heterocycles. The molecule has 2 amide bonds. The molecule has 2 atom stereocenters. The maximum Gasteiger partial charge on any atom is 0.241 e. The van der Waals surface area contributed by atoms with Gasteiger partial charge in [0.1, 0.15) is 0 Å². The second-order valence-corrected chi connectivity index (χ2v) is 12.5. The molecule has 0 aliphatic heterocycles. The molecular formula is C22H30ClN3O4S. The Morgan fingerprint density at radius 2 is 1.84 bits per heavy atom. The van der Waals surface area contributed by atoms with Gasteiger partial charge in [-0.05, 0) is 81.9 Å². The van der Waals surface area contributed by atoms with E-state index in [2.05, 4.69) is 10.0 Å². The number of rotatable bonds is 7. The van der Waals surface area contributed by atoms with E-state index in [0.717, 1.165) is 32.1 Å². The molecule has 170 valence electrons. The maximum absolute atomic E-state index is 12.9. The van der Waals surface area contributed by atoms with Crippen LogP contribution < -0.4 is 15.8 Å². The van der Waals surface area contributed by atoms with Crippen molar-refractivity contribution in [3.05, 3.63) is 29.3 Å². The normalized spacial score (nSPS) is 32.1. The summed E-state index contributed by atoms with van der Waals surface area (Å²) in [5, 5.41) is 3.49. The van der Waals surface area contributed by atoms with Crippen molar-refractivity contribution in [1.82, 2.24) is 10.0 Å². The fourth-order valence-corrected chi connectivity index (χ4v) is 8.01. The van der Waals surface area contributed by atoms with Crippen molar-refractivity contribution in [3.63, 3.8) is 0 Å². The average Bonchev–Trinajstić information content (AvgIpc) is 2.62. The van der Waals surface area contributed by atoms with Gasteiger partial charge in [-0.1, -0.05) is 17.7 Å². The largest absolute Gasteiger partial charge is 0.369 e. The predicted molar refractivity (Wildman–Crippen MR) is 118 cm³/mol. The van der Waals surface area contributed by atoms with Crippen molar-refractivity contribution in [1.29, 1.82) is 0 Å². The van der Waals surface area contributed by atoms with Crippen LogP contribution >= 0.6 is 11.6 Å². The Morgan fingerprint density at radius 1 is 1.19 bits per heavy atom. The minimum absolute atomic E-state index is 0.00707. The average molecular weight is 468 g/mol. The number of carbonyl (C=O) groups excluding carboxylic acids is 2. The molecule has 4 N–H and O–H groups in total. The van der Waals surface area contributed by atoms with Gasteiger partial charge in [-0.15, -0.1) is 0 Å². The van der Waals surface area contributed by atoms with Gasteiger partial charge in [-0.25, -0.2) is 13.1 Å². The third-order valence-electron chi connectivity index (χ3n) is 7.24. The van der Waals surface area contributed by atoms with Crippen molar-refractivity contribution in [2.75, 3.05) is 0 Å². The number of amides is 2. The summed E-state index contributed by atoms with van der Waals surface area (Å²) in [4.78, 5) is 25.0. The van der Waals surface area contributed by atoms with Crippen molar-refractivity contribution < 1.29 is 18.0 Å². The van der Waals surface area contributed by atoms with Gasteiger partial charge >= 0.3 is 0 Å². The molecule has 31 heavy (non-hydrogen) atoms. The van der Waals surface area contributed by atoms with Crippen LogP contribution in [0.5, 0.6) is 0 Å². The number of carbonyl (C=O) groups is 2. The zero-order chi connectivity index (χ0) is 22.6. The highest BCUT2D eigenvalue weighted by molar-refractivity contribution is 7.89. The molecule has 0 saturated heterocycles. The second kappa shape index (κ2) is 7.74. The summed E-state index contributed by atoms with van der Waals surface area (Å²) in [6, 6.07) is 6.04. The summed E-state index contributed by atoms with van der Waals surface area (Å²) in [5.41, 5.74) is 4.36. The summed E-state index contributed by atoms with van der Waals surface area (Å²) in [7, 11) is -3.82. The van der Waals surface area contributed by atoms with Crippen LogP contribution in [0.2, 0.25) is 5.02 Å². The van der Waals surface area contributed by atoms with E-state index in [1.165, 1.54) is 12.1 Å². The van der Waals surface area contributed by atoms with E-state index < -0.39 is 21.0 Å². The SMILES string of the molecule is CC(C)(CC(=O)NC1C2CC3CC1CC(C(N)=O)(C3)C2)NS(=O)(=O)c1cccc(Cl)c1. The summed E-state index contributed by atoms with van der Waals surface area (Å²) in [6.45, 7) is 3.38. The topological polar surface area (TPSA) is 118 Å². The molecule has 7 nitrogen and oxygen atoms in total. The number of nitrogens with two attached hydrogens (primary N) is 1. The Balaban J connectivity index is 1.40. The minimum atomic E-state index is -3.82. The van der Waals surface area contributed by atoms with Crippen molar-refractivity contribution in [2.45, 2.75) is 68.8 Å².